The van der Waals surface area contributed by atoms with Crippen molar-refractivity contribution in [3.8, 4) is 23.3 Å². The first-order chi connectivity index (χ1) is 19.7. The predicted octanol–water partition coefficient (Wildman–Crippen LogP) is 6.92. The van der Waals surface area contributed by atoms with Crippen molar-refractivity contribution >= 4 is 34.9 Å². The van der Waals surface area contributed by atoms with Crippen LogP contribution in [-0.4, -0.2) is 10.9 Å². The summed E-state index contributed by atoms with van der Waals surface area (Å²) in [6.07, 6.45) is 0. The monoisotopic (exact) mass is 587 g/mol. The molecule has 0 saturated heterocycles. The van der Waals surface area contributed by atoms with E-state index in [-0.39, 0.29) is 39.2 Å². The predicted molar refractivity (Wildman–Crippen MR) is 151 cm³/mol. The summed E-state index contributed by atoms with van der Waals surface area (Å²) in [4.78, 5) is 23.2. The molecule has 2 N–H and O–H groups in total. The van der Waals surface area contributed by atoms with Crippen LogP contribution < -0.4 is 19.9 Å². The molecule has 0 saturated carbocycles. The van der Waals surface area contributed by atoms with Crippen molar-refractivity contribution in [2.45, 2.75) is 12.5 Å². The van der Waals surface area contributed by atoms with Crippen LogP contribution in [0, 0.1) is 21.4 Å². The third-order valence-electron chi connectivity index (χ3n) is 6.31. The summed E-state index contributed by atoms with van der Waals surface area (Å²) < 4.78 is 17.0. The second-order valence-electron chi connectivity index (χ2n) is 8.92. The first-order valence-corrected chi connectivity index (χ1v) is 12.8. The molecule has 0 fully saturated rings. The highest BCUT2D eigenvalue weighted by molar-refractivity contribution is 6.33. The number of carbonyl (C=O) groups is 1. The number of non-ortho nitro benzene ring substituents is 1. The van der Waals surface area contributed by atoms with E-state index < -0.39 is 16.8 Å². The summed E-state index contributed by atoms with van der Waals surface area (Å²) in [7, 11) is 0. The Bertz CT molecular complexity index is 1730. The maximum Gasteiger partial charge on any atom is 0.345 e. The van der Waals surface area contributed by atoms with Crippen molar-refractivity contribution in [3.05, 3.63) is 139 Å². The van der Waals surface area contributed by atoms with Gasteiger partial charge in [0.1, 0.15) is 35.5 Å². The van der Waals surface area contributed by atoms with E-state index in [0.717, 1.165) is 17.2 Å². The molecule has 1 atom stereocenters. The van der Waals surface area contributed by atoms with E-state index in [4.69, 9.17) is 43.1 Å². The molecule has 0 radical (unpaired) electrons. The third-order valence-corrected chi connectivity index (χ3v) is 6.90. The SMILES string of the molecule is N#CC1=C(N)Oc2cc(OC(=O)c3cc([N+](=O)[O-])ccc3Cl)ccc2C1c1ccc(OCc2ccc(Cl)cc2)cc1. The van der Waals surface area contributed by atoms with Crippen molar-refractivity contribution in [3.63, 3.8) is 0 Å². The van der Waals surface area contributed by atoms with Crippen LogP contribution in [0.1, 0.15) is 33.0 Å². The lowest BCUT2D eigenvalue weighted by molar-refractivity contribution is -0.384. The van der Waals surface area contributed by atoms with Gasteiger partial charge in [-0.2, -0.15) is 5.26 Å². The Hall–Kier alpha value is -5.04. The molecule has 41 heavy (non-hydrogen) atoms. The first kappa shape index (κ1) is 27.5. The Morgan fingerprint density at radius 1 is 1.00 bits per heavy atom. The number of nitriles is 1. The molecule has 1 aliphatic rings. The van der Waals surface area contributed by atoms with Gasteiger partial charge in [0.15, 0.2) is 0 Å². The van der Waals surface area contributed by atoms with Gasteiger partial charge in [-0.05, 0) is 47.5 Å². The summed E-state index contributed by atoms with van der Waals surface area (Å²) >= 11 is 12.0. The van der Waals surface area contributed by atoms with E-state index in [1.54, 1.807) is 30.3 Å². The van der Waals surface area contributed by atoms with Gasteiger partial charge < -0.3 is 19.9 Å². The molecule has 0 spiro atoms. The van der Waals surface area contributed by atoms with Crippen LogP contribution in [-0.2, 0) is 6.61 Å². The van der Waals surface area contributed by atoms with E-state index in [0.29, 0.717) is 22.9 Å². The Kier molecular flexibility index (Phi) is 7.79. The van der Waals surface area contributed by atoms with Crippen molar-refractivity contribution in [1.82, 2.24) is 0 Å². The maximum absolute atomic E-state index is 12.8. The Labute approximate surface area is 244 Å². The number of hydrogen-bond acceptors (Lipinski definition) is 8. The van der Waals surface area contributed by atoms with Gasteiger partial charge in [0.25, 0.3) is 5.69 Å². The lowest BCUT2D eigenvalue weighted by Gasteiger charge is -2.26. The number of allylic oxidation sites excluding steroid dienone is 1. The minimum absolute atomic E-state index is 0.00121. The fourth-order valence-electron chi connectivity index (χ4n) is 4.29. The summed E-state index contributed by atoms with van der Waals surface area (Å²) in [5, 5.41) is 21.6. The number of halogens is 2. The van der Waals surface area contributed by atoms with Crippen LogP contribution in [0.4, 0.5) is 5.69 Å². The van der Waals surface area contributed by atoms with Gasteiger partial charge in [0.2, 0.25) is 5.88 Å². The van der Waals surface area contributed by atoms with Crippen molar-refractivity contribution in [2.75, 3.05) is 0 Å². The number of nitrogens with two attached hydrogens (primary N) is 1. The lowest BCUT2D eigenvalue weighted by atomic mass is 9.83. The minimum Gasteiger partial charge on any atom is -0.489 e. The second kappa shape index (κ2) is 11.6. The number of carbonyl (C=O) groups excluding carboxylic acids is 1. The number of nitro groups is 1. The largest absolute Gasteiger partial charge is 0.489 e. The molecule has 1 aliphatic heterocycles. The van der Waals surface area contributed by atoms with E-state index in [1.807, 2.05) is 24.3 Å². The first-order valence-electron chi connectivity index (χ1n) is 12.1. The molecule has 9 nitrogen and oxygen atoms in total. The smallest absolute Gasteiger partial charge is 0.345 e. The summed E-state index contributed by atoms with van der Waals surface area (Å²) in [5.41, 5.74) is 8.21. The van der Waals surface area contributed by atoms with E-state index in [2.05, 4.69) is 6.07 Å². The standard InChI is InChI=1S/C30H19Cl2N3O6/c31-19-5-1-17(2-6-19)16-39-21-8-3-18(4-9-21)28-23-11-10-22(14-27(23)41-29(34)25(28)15-33)40-30(36)24-13-20(35(37)38)7-12-26(24)32/h1-14,28H,16,34H2. The highest BCUT2D eigenvalue weighted by atomic mass is 35.5. The number of fused-ring (bicyclic) bond motifs is 1. The molecule has 204 valence electrons. The molecule has 0 amide bonds. The van der Waals surface area contributed by atoms with Crippen molar-refractivity contribution in [1.29, 1.82) is 5.26 Å². The Morgan fingerprint density at radius 3 is 2.39 bits per heavy atom. The third kappa shape index (κ3) is 5.94. The molecule has 1 heterocycles. The van der Waals surface area contributed by atoms with Crippen LogP contribution in [0.3, 0.4) is 0 Å². The van der Waals surface area contributed by atoms with Crippen LogP contribution >= 0.6 is 23.2 Å². The van der Waals surface area contributed by atoms with E-state index >= 15 is 0 Å². The fraction of sp³-hybridized carbons (Fsp3) is 0.0667. The highest BCUT2D eigenvalue weighted by Crippen LogP contribution is 2.43. The second-order valence-corrected chi connectivity index (χ2v) is 9.76. The molecule has 5 rings (SSSR count). The van der Waals surface area contributed by atoms with E-state index in [9.17, 15) is 20.2 Å². The van der Waals surface area contributed by atoms with Gasteiger partial charge in [0.05, 0.1) is 21.4 Å². The fourth-order valence-corrected chi connectivity index (χ4v) is 4.61. The molecular formula is C30H19Cl2N3O6. The molecule has 4 aromatic rings. The van der Waals surface area contributed by atoms with Crippen LogP contribution in [0.15, 0.2) is 96.4 Å². The number of benzene rings is 4. The average Bonchev–Trinajstić information content (AvgIpc) is 2.96. The summed E-state index contributed by atoms with van der Waals surface area (Å²) in [6.45, 7) is 0.357. The van der Waals surface area contributed by atoms with Gasteiger partial charge in [-0.15, -0.1) is 0 Å². The van der Waals surface area contributed by atoms with Crippen molar-refractivity contribution in [2.24, 2.45) is 5.73 Å². The molecular weight excluding hydrogens is 569 g/mol. The van der Waals surface area contributed by atoms with Crippen LogP contribution in [0.5, 0.6) is 17.2 Å². The zero-order valence-corrected chi connectivity index (χ0v) is 22.6. The molecule has 0 bridgehead atoms. The Balaban J connectivity index is 1.38. The van der Waals surface area contributed by atoms with Gasteiger partial charge in [-0.25, -0.2) is 4.79 Å². The number of esters is 1. The number of nitrogens with zero attached hydrogens (tertiary/aromatic N) is 2. The summed E-state index contributed by atoms with van der Waals surface area (Å²) in [6, 6.07) is 24.9. The molecule has 11 heteroatoms. The number of nitro benzene ring substituents is 1. The van der Waals surface area contributed by atoms with E-state index in [1.165, 1.54) is 24.3 Å². The zero-order chi connectivity index (χ0) is 29.1. The molecule has 0 aromatic heterocycles. The zero-order valence-electron chi connectivity index (χ0n) is 21.0. The van der Waals surface area contributed by atoms with Gasteiger partial charge in [0, 0.05) is 28.8 Å². The van der Waals surface area contributed by atoms with Gasteiger partial charge in [-0.3, -0.25) is 10.1 Å². The average molecular weight is 588 g/mol. The minimum atomic E-state index is -0.888. The maximum atomic E-state index is 12.8. The van der Waals surface area contributed by atoms with Gasteiger partial charge in [-0.1, -0.05) is 53.5 Å². The number of hydrogen-bond donors (Lipinski definition) is 1. The van der Waals surface area contributed by atoms with Crippen LogP contribution in [0.25, 0.3) is 0 Å². The molecule has 0 aliphatic carbocycles. The Morgan fingerprint density at radius 2 is 1.71 bits per heavy atom. The quantitative estimate of drug-likeness (QED) is 0.106. The number of ether oxygens (including phenoxy) is 3. The molecule has 4 aromatic carbocycles. The van der Waals surface area contributed by atoms with Crippen LogP contribution in [0.2, 0.25) is 10.0 Å². The normalized spacial score (nSPS) is 13.9. The molecule has 1 unspecified atom stereocenters. The lowest BCUT2D eigenvalue weighted by Crippen LogP contribution is -2.21. The van der Waals surface area contributed by atoms with Gasteiger partial charge >= 0.3 is 5.97 Å². The summed E-state index contributed by atoms with van der Waals surface area (Å²) in [5.74, 6) is -0.516. The topological polar surface area (TPSA) is 138 Å². The highest BCUT2D eigenvalue weighted by Gasteiger charge is 2.31. The number of rotatable bonds is 7. The van der Waals surface area contributed by atoms with Crippen molar-refractivity contribution < 1.29 is 23.9 Å².